The van der Waals surface area contributed by atoms with Crippen LogP contribution in [0.2, 0.25) is 0 Å². The number of aromatic hydroxyl groups is 1. The Morgan fingerprint density at radius 3 is 1.84 bits per heavy atom. The normalized spacial score (nSPS) is 14.0. The summed E-state index contributed by atoms with van der Waals surface area (Å²) in [7, 11) is 0. The fourth-order valence-corrected chi connectivity index (χ4v) is 3.43. The molecule has 210 valence electrons. The number of carboxylic acids is 1. The quantitative estimate of drug-likeness (QED) is 0.116. The zero-order valence-corrected chi connectivity index (χ0v) is 21.3. The lowest BCUT2D eigenvalue weighted by atomic mass is 10.0. The molecule has 0 aromatic heterocycles. The van der Waals surface area contributed by atoms with Crippen molar-refractivity contribution >= 4 is 35.5 Å². The van der Waals surface area contributed by atoms with Gasteiger partial charge >= 0.3 is 5.97 Å². The summed E-state index contributed by atoms with van der Waals surface area (Å²) in [6.45, 7) is 3.55. The van der Waals surface area contributed by atoms with Gasteiger partial charge in [-0.1, -0.05) is 26.0 Å². The lowest BCUT2D eigenvalue weighted by Crippen LogP contribution is -2.58. The van der Waals surface area contributed by atoms with Crippen LogP contribution in [0.5, 0.6) is 5.75 Å². The Kier molecular flexibility index (Phi) is 12.7. The minimum Gasteiger partial charge on any atom is -0.508 e. The Morgan fingerprint density at radius 2 is 1.34 bits per heavy atom. The van der Waals surface area contributed by atoms with E-state index in [4.69, 9.17) is 17.2 Å². The van der Waals surface area contributed by atoms with Crippen LogP contribution in [0.1, 0.15) is 45.1 Å². The van der Waals surface area contributed by atoms with Crippen LogP contribution in [0, 0.1) is 5.92 Å². The van der Waals surface area contributed by atoms with E-state index in [1.807, 2.05) is 0 Å². The van der Waals surface area contributed by atoms with Gasteiger partial charge in [-0.3, -0.25) is 24.0 Å². The smallest absolute Gasteiger partial charge is 0.326 e. The van der Waals surface area contributed by atoms with Gasteiger partial charge in [-0.05, 0) is 36.5 Å². The molecule has 11 N–H and O–H groups in total. The number of phenols is 1. The van der Waals surface area contributed by atoms with Gasteiger partial charge in [-0.2, -0.15) is 0 Å². The molecule has 0 aliphatic carbocycles. The highest BCUT2D eigenvalue weighted by Gasteiger charge is 2.31. The first-order valence-corrected chi connectivity index (χ1v) is 11.9. The maximum atomic E-state index is 13.0. The number of primary amides is 2. The molecule has 0 radical (unpaired) electrons. The number of carbonyl (C=O) groups excluding carboxylic acids is 5. The van der Waals surface area contributed by atoms with Gasteiger partial charge in [-0.15, -0.1) is 0 Å². The molecule has 14 heteroatoms. The van der Waals surface area contributed by atoms with E-state index in [1.54, 1.807) is 13.8 Å². The minimum atomic E-state index is -1.48. The van der Waals surface area contributed by atoms with E-state index in [0.717, 1.165) is 0 Å². The van der Waals surface area contributed by atoms with E-state index < -0.39 is 66.1 Å². The zero-order chi connectivity index (χ0) is 29.0. The standard InChI is InChI=1S/C24H36N6O8/c1-12(2)9-16(22(35)30-18(24(37)38)10-13-3-5-14(31)6-4-13)29-23(36)17(11-20(27)33)28-21(34)15(25)7-8-19(26)32/h3-6,12,15-18,31H,7-11,25H2,1-2H3,(H2,26,32)(H2,27,33)(H,28,34)(H,29,36)(H,30,35)(H,37,38). The Balaban J connectivity index is 3.01. The lowest BCUT2D eigenvalue weighted by Gasteiger charge is -2.25. The number of carboxylic acid groups (broad SMARTS) is 1. The summed E-state index contributed by atoms with van der Waals surface area (Å²) >= 11 is 0. The predicted molar refractivity (Wildman–Crippen MR) is 135 cm³/mol. The molecule has 1 aromatic rings. The van der Waals surface area contributed by atoms with Crippen molar-refractivity contribution in [1.29, 1.82) is 0 Å². The molecule has 4 unspecified atom stereocenters. The Morgan fingerprint density at radius 1 is 0.816 bits per heavy atom. The molecule has 0 fully saturated rings. The fraction of sp³-hybridized carbons (Fsp3) is 0.500. The first kappa shape index (κ1) is 31.8. The van der Waals surface area contributed by atoms with E-state index in [9.17, 15) is 39.0 Å². The van der Waals surface area contributed by atoms with Crippen LogP contribution >= 0.6 is 0 Å². The van der Waals surface area contributed by atoms with Crippen molar-refractivity contribution in [2.24, 2.45) is 23.1 Å². The number of carbonyl (C=O) groups is 6. The number of nitrogens with one attached hydrogen (secondary N) is 3. The fourth-order valence-electron chi connectivity index (χ4n) is 3.43. The predicted octanol–water partition coefficient (Wildman–Crippen LogP) is -2.01. The highest BCUT2D eigenvalue weighted by molar-refractivity contribution is 5.96. The van der Waals surface area contributed by atoms with Crippen LogP contribution in [-0.4, -0.2) is 69.9 Å². The molecular weight excluding hydrogens is 500 g/mol. The summed E-state index contributed by atoms with van der Waals surface area (Å²) in [6, 6.07) is 0.552. The van der Waals surface area contributed by atoms with Gasteiger partial charge in [0.05, 0.1) is 12.5 Å². The summed E-state index contributed by atoms with van der Waals surface area (Å²) < 4.78 is 0. The van der Waals surface area contributed by atoms with E-state index in [-0.39, 0.29) is 37.4 Å². The van der Waals surface area contributed by atoms with E-state index >= 15 is 0 Å². The van der Waals surface area contributed by atoms with E-state index in [1.165, 1.54) is 24.3 Å². The molecule has 1 aromatic carbocycles. The van der Waals surface area contributed by atoms with Gasteiger partial charge in [0.1, 0.15) is 23.9 Å². The average molecular weight is 537 g/mol. The average Bonchev–Trinajstić information content (AvgIpc) is 2.81. The number of hydrogen-bond acceptors (Lipinski definition) is 8. The number of amides is 5. The van der Waals surface area contributed by atoms with Crippen LogP contribution in [0.25, 0.3) is 0 Å². The Labute approximate surface area is 219 Å². The minimum absolute atomic E-state index is 0.00389. The molecule has 0 spiro atoms. The molecule has 1 rings (SSSR count). The van der Waals surface area contributed by atoms with Crippen molar-refractivity contribution in [3.8, 4) is 5.75 Å². The lowest BCUT2D eigenvalue weighted by molar-refractivity contribution is -0.142. The van der Waals surface area contributed by atoms with Crippen LogP contribution in [0.15, 0.2) is 24.3 Å². The van der Waals surface area contributed by atoms with Crippen molar-refractivity contribution < 1.29 is 39.0 Å². The SMILES string of the molecule is CC(C)CC(NC(=O)C(CC(N)=O)NC(=O)C(N)CCC(N)=O)C(=O)NC(Cc1ccc(O)cc1)C(=O)O. The van der Waals surface area contributed by atoms with Gasteiger partial charge in [0.25, 0.3) is 0 Å². The monoisotopic (exact) mass is 536 g/mol. The molecule has 0 bridgehead atoms. The van der Waals surface area contributed by atoms with Gasteiger partial charge in [0.2, 0.25) is 29.5 Å². The third-order valence-corrected chi connectivity index (χ3v) is 5.41. The summed E-state index contributed by atoms with van der Waals surface area (Å²) in [4.78, 5) is 72.6. The first-order chi connectivity index (χ1) is 17.7. The molecule has 14 nitrogen and oxygen atoms in total. The van der Waals surface area contributed by atoms with Crippen molar-refractivity contribution in [1.82, 2.24) is 16.0 Å². The molecule has 0 saturated carbocycles. The molecule has 5 amide bonds. The molecule has 38 heavy (non-hydrogen) atoms. The van der Waals surface area contributed by atoms with Gasteiger partial charge in [-0.25, -0.2) is 4.79 Å². The highest BCUT2D eigenvalue weighted by atomic mass is 16.4. The summed E-state index contributed by atoms with van der Waals surface area (Å²) in [5.41, 5.74) is 16.5. The molecule has 0 saturated heterocycles. The van der Waals surface area contributed by atoms with Crippen LogP contribution in [0.3, 0.4) is 0 Å². The van der Waals surface area contributed by atoms with Crippen molar-refractivity contribution in [3.05, 3.63) is 29.8 Å². The van der Waals surface area contributed by atoms with Crippen molar-refractivity contribution in [2.45, 2.75) is 70.1 Å². The number of nitrogens with two attached hydrogens (primary N) is 3. The highest BCUT2D eigenvalue weighted by Crippen LogP contribution is 2.12. The third-order valence-electron chi connectivity index (χ3n) is 5.41. The van der Waals surface area contributed by atoms with Gasteiger partial charge < -0.3 is 43.4 Å². The third kappa shape index (κ3) is 11.7. The Hall–Kier alpha value is -4.20. The van der Waals surface area contributed by atoms with Gasteiger partial charge in [0.15, 0.2) is 0 Å². The maximum absolute atomic E-state index is 13.0. The Bertz CT molecular complexity index is 1010. The number of hydrogen-bond donors (Lipinski definition) is 8. The second-order valence-electron chi connectivity index (χ2n) is 9.30. The molecular formula is C24H36N6O8. The topological polar surface area (TPSA) is 257 Å². The summed E-state index contributed by atoms with van der Waals surface area (Å²) in [5, 5.41) is 26.2. The van der Waals surface area contributed by atoms with Crippen molar-refractivity contribution in [3.63, 3.8) is 0 Å². The molecule has 0 aliphatic rings. The first-order valence-electron chi connectivity index (χ1n) is 11.9. The van der Waals surface area contributed by atoms with Crippen molar-refractivity contribution in [2.75, 3.05) is 0 Å². The summed E-state index contributed by atoms with van der Waals surface area (Å²) in [5.74, 6) is -5.56. The maximum Gasteiger partial charge on any atom is 0.326 e. The molecule has 0 heterocycles. The van der Waals surface area contributed by atoms with Gasteiger partial charge in [0, 0.05) is 12.8 Å². The second-order valence-corrected chi connectivity index (χ2v) is 9.30. The second kappa shape index (κ2) is 15.1. The number of rotatable bonds is 16. The van der Waals surface area contributed by atoms with Crippen LogP contribution in [-0.2, 0) is 35.2 Å². The van der Waals surface area contributed by atoms with E-state index in [2.05, 4.69) is 16.0 Å². The molecule has 0 aliphatic heterocycles. The largest absolute Gasteiger partial charge is 0.508 e. The van der Waals surface area contributed by atoms with E-state index in [0.29, 0.717) is 5.56 Å². The number of aliphatic carboxylic acids is 1. The van der Waals surface area contributed by atoms with Crippen LogP contribution < -0.4 is 33.2 Å². The zero-order valence-electron chi connectivity index (χ0n) is 21.3. The van der Waals surface area contributed by atoms with Crippen LogP contribution in [0.4, 0.5) is 0 Å². The number of benzene rings is 1. The summed E-state index contributed by atoms with van der Waals surface area (Å²) in [6.07, 6.45) is -0.852. The molecule has 4 atom stereocenters. The number of phenolic OH excluding ortho intramolecular Hbond substituents is 1.